The first-order valence-electron chi connectivity index (χ1n) is 7.98. The quantitative estimate of drug-likeness (QED) is 0.640. The molecule has 1 unspecified atom stereocenters. The number of carbonyl (C=O) groups is 2. The predicted octanol–water partition coefficient (Wildman–Crippen LogP) is 3.63. The highest BCUT2D eigenvalue weighted by Gasteiger charge is 2.40. The van der Waals surface area contributed by atoms with Crippen LogP contribution in [-0.2, 0) is 16.6 Å². The van der Waals surface area contributed by atoms with Gasteiger partial charge in [-0.3, -0.25) is 9.69 Å². The lowest BCUT2D eigenvalue weighted by Crippen LogP contribution is -2.43. The second-order valence-electron chi connectivity index (χ2n) is 5.91. The van der Waals surface area contributed by atoms with Crippen LogP contribution in [0.5, 0.6) is 0 Å². The zero-order valence-electron chi connectivity index (χ0n) is 13.9. The number of benzene rings is 1. The van der Waals surface area contributed by atoms with E-state index in [1.807, 2.05) is 49.0 Å². The van der Waals surface area contributed by atoms with E-state index in [1.54, 1.807) is 6.08 Å². The number of carbonyl (C=O) groups excluding carboxylic acids is 1. The summed E-state index contributed by atoms with van der Waals surface area (Å²) < 4.78 is 2.30. The second-order valence-corrected chi connectivity index (χ2v) is 7.58. The molecule has 1 aliphatic heterocycles. The molecule has 1 aromatic heterocycles. The Balaban J connectivity index is 1.98. The van der Waals surface area contributed by atoms with Crippen LogP contribution < -0.4 is 0 Å². The van der Waals surface area contributed by atoms with Gasteiger partial charge in [0.05, 0.1) is 4.91 Å². The van der Waals surface area contributed by atoms with Gasteiger partial charge in [0, 0.05) is 29.7 Å². The number of aromatic nitrogens is 1. The van der Waals surface area contributed by atoms with Crippen LogP contribution in [0.15, 0.2) is 35.4 Å². The molecule has 3 rings (SSSR count). The van der Waals surface area contributed by atoms with Crippen molar-refractivity contribution in [2.24, 2.45) is 7.05 Å². The molecule has 7 heteroatoms. The Morgan fingerprint density at radius 1 is 1.40 bits per heavy atom. The van der Waals surface area contributed by atoms with E-state index in [4.69, 9.17) is 12.2 Å². The SMILES string of the molecule is CCCC(C(=O)O)N1C(=O)C(=Cc2cn(C)c3ccccc23)SC1=S. The van der Waals surface area contributed by atoms with Crippen molar-refractivity contribution in [3.05, 3.63) is 40.9 Å². The van der Waals surface area contributed by atoms with E-state index in [9.17, 15) is 14.7 Å². The molecule has 1 atom stereocenters. The fraction of sp³-hybridized carbons (Fsp3) is 0.278. The van der Waals surface area contributed by atoms with Crippen molar-refractivity contribution in [1.29, 1.82) is 0 Å². The van der Waals surface area contributed by atoms with E-state index in [1.165, 1.54) is 4.90 Å². The Kier molecular flexibility index (Phi) is 4.96. The van der Waals surface area contributed by atoms with Crippen molar-refractivity contribution in [1.82, 2.24) is 9.47 Å². The number of thiocarbonyl (C=S) groups is 1. The van der Waals surface area contributed by atoms with E-state index in [0.29, 0.717) is 22.1 Å². The van der Waals surface area contributed by atoms with Crippen molar-refractivity contribution in [3.8, 4) is 0 Å². The lowest BCUT2D eigenvalue weighted by molar-refractivity contribution is -0.145. The van der Waals surface area contributed by atoms with Crippen molar-refractivity contribution < 1.29 is 14.7 Å². The molecule has 1 saturated heterocycles. The van der Waals surface area contributed by atoms with Crippen LogP contribution >= 0.6 is 24.0 Å². The van der Waals surface area contributed by atoms with Gasteiger partial charge < -0.3 is 9.67 Å². The zero-order valence-corrected chi connectivity index (χ0v) is 15.6. The van der Waals surface area contributed by atoms with Gasteiger partial charge in [-0.25, -0.2) is 4.79 Å². The molecule has 1 N–H and O–H groups in total. The average molecular weight is 374 g/mol. The normalized spacial score (nSPS) is 17.7. The van der Waals surface area contributed by atoms with Gasteiger partial charge >= 0.3 is 5.97 Å². The van der Waals surface area contributed by atoms with E-state index < -0.39 is 12.0 Å². The largest absolute Gasteiger partial charge is 0.480 e. The standard InChI is InChI=1S/C18H18N2O3S2/c1-3-6-14(17(22)23)20-16(21)15(25-18(20)24)9-11-10-19(2)13-8-5-4-7-12(11)13/h4-5,7-10,14H,3,6H2,1-2H3,(H,22,23). The van der Waals surface area contributed by atoms with Crippen molar-refractivity contribution in [2.75, 3.05) is 0 Å². The molecule has 0 spiro atoms. The third kappa shape index (κ3) is 3.21. The minimum atomic E-state index is -1.02. The number of aliphatic carboxylic acids is 1. The summed E-state index contributed by atoms with van der Waals surface area (Å²) in [5.74, 6) is -1.35. The number of carboxylic acids is 1. The third-order valence-corrected chi connectivity index (χ3v) is 5.53. The maximum Gasteiger partial charge on any atom is 0.326 e. The number of nitrogens with zero attached hydrogens (tertiary/aromatic N) is 2. The monoisotopic (exact) mass is 374 g/mol. The van der Waals surface area contributed by atoms with E-state index in [-0.39, 0.29) is 5.91 Å². The Labute approximate surface area is 155 Å². The summed E-state index contributed by atoms with van der Waals surface area (Å²) >= 11 is 6.44. The van der Waals surface area contributed by atoms with Gasteiger partial charge in [-0.15, -0.1) is 0 Å². The summed E-state index contributed by atoms with van der Waals surface area (Å²) in [5, 5.41) is 10.5. The number of carboxylic acid groups (broad SMARTS) is 1. The molecule has 0 aliphatic carbocycles. The van der Waals surface area contributed by atoms with E-state index >= 15 is 0 Å². The summed E-state index contributed by atoms with van der Waals surface area (Å²) in [5.41, 5.74) is 1.99. The van der Waals surface area contributed by atoms with E-state index in [0.717, 1.165) is 28.2 Å². The molecule has 130 valence electrons. The molecular weight excluding hydrogens is 356 g/mol. The number of hydrogen-bond donors (Lipinski definition) is 1. The lowest BCUT2D eigenvalue weighted by atomic mass is 10.1. The van der Waals surface area contributed by atoms with Gasteiger partial charge in [0.1, 0.15) is 10.4 Å². The zero-order chi connectivity index (χ0) is 18.1. The van der Waals surface area contributed by atoms with Gasteiger partial charge in [-0.1, -0.05) is 55.5 Å². The number of fused-ring (bicyclic) bond motifs is 1. The first kappa shape index (κ1) is 17.7. The highest BCUT2D eigenvalue weighted by molar-refractivity contribution is 8.26. The number of rotatable bonds is 5. The highest BCUT2D eigenvalue weighted by Crippen LogP contribution is 2.36. The number of para-hydroxylation sites is 1. The lowest BCUT2D eigenvalue weighted by Gasteiger charge is -2.22. The molecule has 2 heterocycles. The Morgan fingerprint density at radius 2 is 2.12 bits per heavy atom. The van der Waals surface area contributed by atoms with Gasteiger partial charge in [0.2, 0.25) is 0 Å². The van der Waals surface area contributed by atoms with Gasteiger partial charge in [0.15, 0.2) is 0 Å². The average Bonchev–Trinajstić information content (AvgIpc) is 3.03. The maximum absolute atomic E-state index is 12.8. The number of hydrogen-bond acceptors (Lipinski definition) is 4. The molecule has 25 heavy (non-hydrogen) atoms. The van der Waals surface area contributed by atoms with Crippen LogP contribution in [0.3, 0.4) is 0 Å². The van der Waals surface area contributed by atoms with E-state index in [2.05, 4.69) is 0 Å². The topological polar surface area (TPSA) is 62.5 Å². The van der Waals surface area contributed by atoms with Gasteiger partial charge in [-0.2, -0.15) is 0 Å². The molecular formula is C18H18N2O3S2. The van der Waals surface area contributed by atoms with Crippen LogP contribution in [0.2, 0.25) is 0 Å². The fourth-order valence-corrected chi connectivity index (χ4v) is 4.36. The first-order valence-corrected chi connectivity index (χ1v) is 9.20. The van der Waals surface area contributed by atoms with Crippen molar-refractivity contribution >= 4 is 57.2 Å². The Hall–Kier alpha value is -2.12. The Morgan fingerprint density at radius 3 is 2.80 bits per heavy atom. The van der Waals surface area contributed by atoms with Crippen LogP contribution in [-0.4, -0.2) is 36.8 Å². The number of aryl methyl sites for hydroxylation is 1. The summed E-state index contributed by atoms with van der Waals surface area (Å²) in [6, 6.07) is 7.02. The number of thioether (sulfide) groups is 1. The molecule has 0 bridgehead atoms. The predicted molar refractivity (Wildman–Crippen MR) is 104 cm³/mol. The molecule has 1 aliphatic rings. The van der Waals surface area contributed by atoms with Crippen LogP contribution in [0, 0.1) is 0 Å². The molecule has 1 amide bonds. The second kappa shape index (κ2) is 7.01. The minimum absolute atomic E-state index is 0.303. The molecule has 0 saturated carbocycles. The first-order chi connectivity index (χ1) is 11.9. The van der Waals surface area contributed by atoms with Crippen LogP contribution in [0.1, 0.15) is 25.3 Å². The van der Waals surface area contributed by atoms with Crippen LogP contribution in [0.25, 0.3) is 17.0 Å². The summed E-state index contributed by atoms with van der Waals surface area (Å²) in [7, 11) is 1.95. The fourth-order valence-electron chi connectivity index (χ4n) is 3.01. The summed E-state index contributed by atoms with van der Waals surface area (Å²) in [4.78, 5) is 26.0. The van der Waals surface area contributed by atoms with Crippen molar-refractivity contribution in [2.45, 2.75) is 25.8 Å². The smallest absolute Gasteiger partial charge is 0.326 e. The number of amides is 1. The molecule has 1 aromatic carbocycles. The highest BCUT2D eigenvalue weighted by atomic mass is 32.2. The summed E-state index contributed by atoms with van der Waals surface area (Å²) in [6.07, 6.45) is 4.80. The summed E-state index contributed by atoms with van der Waals surface area (Å²) in [6.45, 7) is 1.89. The molecule has 0 radical (unpaired) electrons. The molecule has 5 nitrogen and oxygen atoms in total. The molecule has 1 fully saturated rings. The maximum atomic E-state index is 12.8. The van der Waals surface area contributed by atoms with Crippen molar-refractivity contribution in [3.63, 3.8) is 0 Å². The van der Waals surface area contributed by atoms with Crippen LogP contribution in [0.4, 0.5) is 0 Å². The molecule has 2 aromatic rings. The van der Waals surface area contributed by atoms with Gasteiger partial charge in [0.25, 0.3) is 5.91 Å². The minimum Gasteiger partial charge on any atom is -0.480 e. The van der Waals surface area contributed by atoms with Gasteiger partial charge in [-0.05, 0) is 18.6 Å². The third-order valence-electron chi connectivity index (χ3n) is 4.20. The Bertz CT molecular complexity index is 901.